The number of aromatic nitrogens is 4. The van der Waals surface area contributed by atoms with Crippen molar-refractivity contribution in [2.24, 2.45) is 7.05 Å². The van der Waals surface area contributed by atoms with Crippen LogP contribution in [0.15, 0.2) is 42.7 Å². The summed E-state index contributed by atoms with van der Waals surface area (Å²) in [6.07, 6.45) is 3.14. The monoisotopic (exact) mass is 238 g/mol. The van der Waals surface area contributed by atoms with Crippen LogP contribution >= 0.6 is 0 Å². The van der Waals surface area contributed by atoms with E-state index in [2.05, 4.69) is 15.3 Å². The highest BCUT2D eigenvalue weighted by Crippen LogP contribution is 2.18. The molecule has 0 bridgehead atoms. The predicted molar refractivity (Wildman–Crippen MR) is 66.2 cm³/mol. The zero-order chi connectivity index (χ0) is 12.5. The molecule has 0 amide bonds. The summed E-state index contributed by atoms with van der Waals surface area (Å²) in [5.41, 5.74) is 1.72. The molecule has 0 radical (unpaired) electrons. The van der Waals surface area contributed by atoms with Crippen molar-refractivity contribution in [2.45, 2.75) is 0 Å². The Labute approximate surface area is 103 Å². The van der Waals surface area contributed by atoms with Crippen LogP contribution in [0.25, 0.3) is 10.9 Å². The third kappa shape index (κ3) is 1.57. The summed E-state index contributed by atoms with van der Waals surface area (Å²) in [6, 6.07) is 9.33. The van der Waals surface area contributed by atoms with Gasteiger partial charge in [0.05, 0.1) is 17.3 Å². The molecule has 0 atom stereocenters. The molecule has 0 fully saturated rings. The summed E-state index contributed by atoms with van der Waals surface area (Å²) in [7, 11) is 1.69. The van der Waals surface area contributed by atoms with Gasteiger partial charge in [-0.25, -0.2) is 4.68 Å². The van der Waals surface area contributed by atoms with Gasteiger partial charge in [0.2, 0.25) is 5.78 Å². The number of hydrogen-bond acceptors (Lipinski definition) is 4. The van der Waals surface area contributed by atoms with Crippen molar-refractivity contribution in [3.63, 3.8) is 0 Å². The number of benzene rings is 1. The molecule has 0 saturated carbocycles. The fraction of sp³-hybridized carbons (Fsp3) is 0.0769. The van der Waals surface area contributed by atoms with Crippen molar-refractivity contribution in [1.29, 1.82) is 0 Å². The van der Waals surface area contributed by atoms with E-state index < -0.39 is 0 Å². The molecular formula is C13H10N4O. The van der Waals surface area contributed by atoms with Gasteiger partial charge in [-0.2, -0.15) is 0 Å². The standard InChI is InChI=1S/C13H10N4O/c1-17-11(8-15-16-17)13(18)10-6-2-4-9-5-3-7-14-12(9)10/h2-8H,1H3. The quantitative estimate of drug-likeness (QED) is 0.636. The summed E-state index contributed by atoms with van der Waals surface area (Å²) in [5, 5.41) is 8.43. The molecular weight excluding hydrogens is 228 g/mol. The van der Waals surface area contributed by atoms with Crippen LogP contribution in [0.3, 0.4) is 0 Å². The first kappa shape index (κ1) is 10.6. The largest absolute Gasteiger partial charge is 0.287 e. The summed E-state index contributed by atoms with van der Waals surface area (Å²) < 4.78 is 1.46. The van der Waals surface area contributed by atoms with Crippen LogP contribution in [0, 0.1) is 0 Å². The van der Waals surface area contributed by atoms with E-state index in [-0.39, 0.29) is 5.78 Å². The predicted octanol–water partition coefficient (Wildman–Crippen LogP) is 1.59. The van der Waals surface area contributed by atoms with Gasteiger partial charge in [0.25, 0.3) is 0 Å². The second-order valence-corrected chi connectivity index (χ2v) is 3.95. The normalized spacial score (nSPS) is 10.7. The molecule has 0 N–H and O–H groups in total. The van der Waals surface area contributed by atoms with Crippen molar-refractivity contribution in [2.75, 3.05) is 0 Å². The van der Waals surface area contributed by atoms with E-state index in [1.807, 2.05) is 24.3 Å². The highest BCUT2D eigenvalue weighted by molar-refractivity contribution is 6.14. The summed E-state index contributed by atoms with van der Waals surface area (Å²) in [6.45, 7) is 0. The Hall–Kier alpha value is -2.56. The maximum absolute atomic E-state index is 12.4. The van der Waals surface area contributed by atoms with Crippen LogP contribution in [0.4, 0.5) is 0 Å². The maximum Gasteiger partial charge on any atom is 0.214 e. The molecule has 88 valence electrons. The summed E-state index contributed by atoms with van der Waals surface area (Å²) in [5.74, 6) is -0.119. The van der Waals surface area contributed by atoms with E-state index >= 15 is 0 Å². The third-order valence-electron chi connectivity index (χ3n) is 2.82. The number of para-hydroxylation sites is 1. The van der Waals surface area contributed by atoms with E-state index in [0.29, 0.717) is 16.8 Å². The van der Waals surface area contributed by atoms with Crippen LogP contribution in [0.5, 0.6) is 0 Å². The first-order chi connectivity index (χ1) is 8.77. The van der Waals surface area contributed by atoms with E-state index in [9.17, 15) is 4.79 Å². The van der Waals surface area contributed by atoms with Crippen molar-refractivity contribution in [1.82, 2.24) is 20.0 Å². The van der Waals surface area contributed by atoms with Crippen LogP contribution in [-0.4, -0.2) is 25.8 Å². The number of hydrogen-bond donors (Lipinski definition) is 0. The molecule has 0 aliphatic heterocycles. The summed E-state index contributed by atoms with van der Waals surface area (Å²) >= 11 is 0. The molecule has 0 saturated heterocycles. The number of ketones is 1. The number of carbonyl (C=O) groups is 1. The number of pyridine rings is 1. The van der Waals surface area contributed by atoms with E-state index in [1.54, 1.807) is 19.3 Å². The zero-order valence-electron chi connectivity index (χ0n) is 9.74. The number of carbonyl (C=O) groups excluding carboxylic acids is 1. The lowest BCUT2D eigenvalue weighted by Crippen LogP contribution is -2.09. The fourth-order valence-electron chi connectivity index (χ4n) is 1.92. The number of aryl methyl sites for hydroxylation is 1. The van der Waals surface area contributed by atoms with Gasteiger partial charge >= 0.3 is 0 Å². The molecule has 0 spiro atoms. The first-order valence-corrected chi connectivity index (χ1v) is 5.50. The second-order valence-electron chi connectivity index (χ2n) is 3.95. The Bertz CT molecular complexity index is 727. The van der Waals surface area contributed by atoms with E-state index in [0.717, 1.165) is 5.39 Å². The van der Waals surface area contributed by atoms with Gasteiger partial charge in [-0.3, -0.25) is 9.78 Å². The first-order valence-electron chi connectivity index (χ1n) is 5.50. The second kappa shape index (κ2) is 4.03. The van der Waals surface area contributed by atoms with Gasteiger partial charge in [-0.1, -0.05) is 23.4 Å². The Balaban J connectivity index is 2.21. The number of rotatable bonds is 2. The highest BCUT2D eigenvalue weighted by Gasteiger charge is 2.16. The molecule has 5 nitrogen and oxygen atoms in total. The molecule has 2 aromatic heterocycles. The molecule has 0 aliphatic carbocycles. The molecule has 2 heterocycles. The fourth-order valence-corrected chi connectivity index (χ4v) is 1.92. The molecule has 18 heavy (non-hydrogen) atoms. The molecule has 0 unspecified atom stereocenters. The minimum absolute atomic E-state index is 0.119. The van der Waals surface area contributed by atoms with Gasteiger partial charge in [0.15, 0.2) is 0 Å². The Kier molecular flexibility index (Phi) is 2.37. The van der Waals surface area contributed by atoms with Gasteiger partial charge in [0.1, 0.15) is 5.69 Å². The van der Waals surface area contributed by atoms with Crippen LogP contribution in [0.2, 0.25) is 0 Å². The van der Waals surface area contributed by atoms with Crippen LogP contribution in [0.1, 0.15) is 16.1 Å². The lowest BCUT2D eigenvalue weighted by molar-refractivity contribution is 0.103. The Morgan fingerprint density at radius 2 is 2.06 bits per heavy atom. The number of fused-ring (bicyclic) bond motifs is 1. The lowest BCUT2D eigenvalue weighted by atomic mass is 10.0. The zero-order valence-corrected chi connectivity index (χ0v) is 9.74. The van der Waals surface area contributed by atoms with Gasteiger partial charge < -0.3 is 0 Å². The Morgan fingerprint density at radius 1 is 1.22 bits per heavy atom. The molecule has 0 aliphatic rings. The van der Waals surface area contributed by atoms with Gasteiger partial charge in [0, 0.05) is 18.6 Å². The highest BCUT2D eigenvalue weighted by atomic mass is 16.1. The molecule has 1 aromatic carbocycles. The average molecular weight is 238 g/mol. The Morgan fingerprint density at radius 3 is 2.83 bits per heavy atom. The topological polar surface area (TPSA) is 60.7 Å². The van der Waals surface area contributed by atoms with Crippen LogP contribution in [-0.2, 0) is 7.05 Å². The molecule has 3 aromatic rings. The minimum atomic E-state index is -0.119. The molecule has 5 heteroatoms. The third-order valence-corrected chi connectivity index (χ3v) is 2.82. The van der Waals surface area contributed by atoms with Crippen molar-refractivity contribution in [3.05, 3.63) is 54.0 Å². The van der Waals surface area contributed by atoms with E-state index in [4.69, 9.17) is 0 Å². The van der Waals surface area contributed by atoms with Crippen molar-refractivity contribution >= 4 is 16.7 Å². The number of nitrogens with zero attached hydrogens (tertiary/aromatic N) is 4. The summed E-state index contributed by atoms with van der Waals surface area (Å²) in [4.78, 5) is 16.7. The van der Waals surface area contributed by atoms with Gasteiger partial charge in [-0.15, -0.1) is 5.10 Å². The molecule has 3 rings (SSSR count). The SMILES string of the molecule is Cn1nncc1C(=O)c1cccc2cccnc12. The van der Waals surface area contributed by atoms with Crippen LogP contribution < -0.4 is 0 Å². The van der Waals surface area contributed by atoms with Crippen molar-refractivity contribution in [3.8, 4) is 0 Å². The minimum Gasteiger partial charge on any atom is -0.287 e. The van der Waals surface area contributed by atoms with Gasteiger partial charge in [-0.05, 0) is 12.1 Å². The average Bonchev–Trinajstić information content (AvgIpc) is 2.83. The van der Waals surface area contributed by atoms with E-state index in [1.165, 1.54) is 10.9 Å². The lowest BCUT2D eigenvalue weighted by Gasteiger charge is -2.04. The maximum atomic E-state index is 12.4. The smallest absolute Gasteiger partial charge is 0.214 e. The van der Waals surface area contributed by atoms with Crippen molar-refractivity contribution < 1.29 is 4.79 Å².